The van der Waals surface area contributed by atoms with Gasteiger partial charge in [0.15, 0.2) is 23.3 Å². The van der Waals surface area contributed by atoms with Crippen molar-refractivity contribution >= 4 is 43.6 Å². The van der Waals surface area contributed by atoms with E-state index >= 15 is 0 Å². The fourth-order valence-electron chi connectivity index (χ4n) is 12.3. The number of benzene rings is 10. The van der Waals surface area contributed by atoms with Gasteiger partial charge in [-0.1, -0.05) is 257 Å². The number of hydrogen-bond donors (Lipinski definition) is 0. The van der Waals surface area contributed by atoms with Crippen LogP contribution in [0, 0.1) is 13.8 Å². The summed E-state index contributed by atoms with van der Waals surface area (Å²) in [7, 11) is 0. The summed E-state index contributed by atoms with van der Waals surface area (Å²) in [6.07, 6.45) is 1.76. The summed E-state index contributed by atoms with van der Waals surface area (Å²) in [6, 6.07) is 98.8. The fraction of sp³-hybridized carbons (Fsp3) is 0.0706. The normalized spacial score (nSPS) is 11.3. The average molecular weight is 1210 g/mol. The average Bonchev–Trinajstić information content (AvgIpc) is 0.825. The lowest BCUT2D eigenvalue weighted by molar-refractivity contribution is 1.05. The molecule has 0 spiro atoms. The van der Waals surface area contributed by atoms with Gasteiger partial charge in [0.25, 0.3) is 0 Å². The topological polar surface area (TPSA) is 116 Å². The Morgan fingerprint density at radius 3 is 1.10 bits per heavy atom. The van der Waals surface area contributed by atoms with Crippen LogP contribution >= 0.6 is 0 Å². The van der Waals surface area contributed by atoms with Gasteiger partial charge in [-0.3, -0.25) is 19.9 Å². The third kappa shape index (κ3) is 12.0. The molecule has 16 aromatic rings. The summed E-state index contributed by atoms with van der Waals surface area (Å²) in [4.78, 5) is 44.6. The van der Waals surface area contributed by atoms with Gasteiger partial charge in [-0.05, 0) is 114 Å². The minimum atomic E-state index is 0.640. The summed E-state index contributed by atoms with van der Waals surface area (Å²) in [6.45, 7) is 8.37. The van der Waals surface area contributed by atoms with Gasteiger partial charge in [0.05, 0.1) is 33.5 Å². The molecule has 0 fully saturated rings. The molecule has 9 nitrogen and oxygen atoms in total. The molecule has 94 heavy (non-hydrogen) atoms. The summed E-state index contributed by atoms with van der Waals surface area (Å²) in [5.41, 5.74) is 24.8. The van der Waals surface area contributed by atoms with E-state index in [9.17, 15) is 0 Å². The monoisotopic (exact) mass is 1210 g/mol. The lowest BCUT2D eigenvalue weighted by Gasteiger charge is -2.13. The van der Waals surface area contributed by atoms with Crippen LogP contribution in [0.2, 0.25) is 0 Å². The van der Waals surface area contributed by atoms with E-state index < -0.39 is 0 Å². The predicted molar refractivity (Wildman–Crippen MR) is 386 cm³/mol. The molecular formula is C85H63N9. The molecule has 0 N–H and O–H groups in total. The van der Waals surface area contributed by atoms with Crippen molar-refractivity contribution < 1.29 is 0 Å². The Morgan fingerprint density at radius 1 is 0.223 bits per heavy atom. The summed E-state index contributed by atoms with van der Waals surface area (Å²) in [5, 5.41) is 4.45. The molecular weight excluding hydrogens is 1150 g/mol. The highest BCUT2D eigenvalue weighted by Crippen LogP contribution is 2.38. The molecule has 448 valence electrons. The first-order valence-electron chi connectivity index (χ1n) is 31.9. The number of rotatable bonds is 12. The van der Waals surface area contributed by atoms with Crippen molar-refractivity contribution in [1.82, 2.24) is 44.9 Å². The van der Waals surface area contributed by atoms with E-state index in [1.165, 1.54) is 5.56 Å². The van der Waals surface area contributed by atoms with Crippen LogP contribution in [0.3, 0.4) is 0 Å². The molecule has 0 aliphatic rings. The van der Waals surface area contributed by atoms with Crippen LogP contribution in [-0.2, 0) is 12.8 Å². The molecule has 0 unspecified atom stereocenters. The maximum absolute atomic E-state index is 5.06. The molecule has 6 heterocycles. The minimum Gasteiger partial charge on any atom is -0.251 e. The number of nitrogens with zero attached hydrogens (tertiary/aromatic N) is 9. The van der Waals surface area contributed by atoms with Gasteiger partial charge in [-0.25, -0.2) is 24.9 Å². The molecule has 9 heteroatoms. The first-order valence-corrected chi connectivity index (χ1v) is 31.9. The van der Waals surface area contributed by atoms with Crippen molar-refractivity contribution in [2.45, 2.75) is 40.5 Å². The molecule has 0 aliphatic carbocycles. The Morgan fingerprint density at radius 2 is 0.596 bits per heavy atom. The Bertz CT molecular complexity index is 5340. The summed E-state index contributed by atoms with van der Waals surface area (Å²) in [5.74, 6) is 2.64. The smallest absolute Gasteiger partial charge is 0.164 e. The number of fused-ring (bicyclic) bond motifs is 6. The zero-order chi connectivity index (χ0) is 63.5. The highest BCUT2D eigenvalue weighted by Gasteiger charge is 2.18. The second kappa shape index (κ2) is 25.7. The number of aromatic nitrogens is 9. The molecule has 0 atom stereocenters. The Hall–Kier alpha value is -12.1. The van der Waals surface area contributed by atoms with E-state index in [1.54, 1.807) is 0 Å². The summed E-state index contributed by atoms with van der Waals surface area (Å²) < 4.78 is 0. The summed E-state index contributed by atoms with van der Waals surface area (Å²) >= 11 is 0. The fourth-order valence-corrected chi connectivity index (χ4v) is 12.3. The highest BCUT2D eigenvalue weighted by atomic mass is 15.0. The minimum absolute atomic E-state index is 0.640. The zero-order valence-electron chi connectivity index (χ0n) is 52.6. The van der Waals surface area contributed by atoms with Crippen LogP contribution in [0.1, 0.15) is 36.6 Å². The van der Waals surface area contributed by atoms with Crippen molar-refractivity contribution in [2.75, 3.05) is 0 Å². The van der Waals surface area contributed by atoms with Crippen LogP contribution in [0.15, 0.2) is 285 Å². The maximum Gasteiger partial charge on any atom is 0.164 e. The van der Waals surface area contributed by atoms with Crippen LogP contribution in [0.4, 0.5) is 0 Å². The van der Waals surface area contributed by atoms with Crippen LogP contribution < -0.4 is 0 Å². The predicted octanol–water partition coefficient (Wildman–Crippen LogP) is 21.0. The third-order valence-electron chi connectivity index (χ3n) is 17.2. The first-order chi connectivity index (χ1) is 46.2. The van der Waals surface area contributed by atoms with Gasteiger partial charge in [-0.15, -0.1) is 0 Å². The van der Waals surface area contributed by atoms with E-state index in [2.05, 4.69) is 196 Å². The Kier molecular flexibility index (Phi) is 15.9. The molecule has 16 rings (SSSR count). The number of hydrogen-bond acceptors (Lipinski definition) is 9. The molecule has 0 amide bonds. The first kappa shape index (κ1) is 58.3. The molecule has 0 saturated heterocycles. The lowest BCUT2D eigenvalue weighted by atomic mass is 9.95. The zero-order valence-corrected chi connectivity index (χ0v) is 52.6. The number of aryl methyl sites for hydroxylation is 4. The molecule has 10 aromatic carbocycles. The highest BCUT2D eigenvalue weighted by molar-refractivity contribution is 6.09. The van der Waals surface area contributed by atoms with Crippen molar-refractivity contribution in [3.05, 3.63) is 308 Å². The molecule has 0 radical (unpaired) electrons. The van der Waals surface area contributed by atoms with Gasteiger partial charge in [0.2, 0.25) is 0 Å². The van der Waals surface area contributed by atoms with E-state index in [0.717, 1.165) is 163 Å². The van der Waals surface area contributed by atoms with Gasteiger partial charge < -0.3 is 0 Å². The molecule has 0 bridgehead atoms. The largest absolute Gasteiger partial charge is 0.251 e. The second-order valence-electron chi connectivity index (χ2n) is 23.6. The van der Waals surface area contributed by atoms with Crippen LogP contribution in [0.25, 0.3) is 156 Å². The molecule has 0 saturated carbocycles. The second-order valence-corrected chi connectivity index (χ2v) is 23.6. The van der Waals surface area contributed by atoms with E-state index in [1.807, 2.05) is 117 Å². The van der Waals surface area contributed by atoms with E-state index in [0.29, 0.717) is 23.3 Å². The van der Waals surface area contributed by atoms with Crippen molar-refractivity contribution in [3.63, 3.8) is 0 Å². The Balaban J connectivity index is 0.000000155. The van der Waals surface area contributed by atoms with Crippen LogP contribution in [0.5, 0.6) is 0 Å². The lowest BCUT2D eigenvalue weighted by Crippen LogP contribution is -2.00. The van der Waals surface area contributed by atoms with Crippen molar-refractivity contribution in [2.24, 2.45) is 0 Å². The van der Waals surface area contributed by atoms with E-state index in [-0.39, 0.29) is 0 Å². The van der Waals surface area contributed by atoms with Gasteiger partial charge in [0.1, 0.15) is 0 Å². The maximum atomic E-state index is 5.06. The molecule has 6 aromatic heterocycles. The van der Waals surface area contributed by atoms with Crippen molar-refractivity contribution in [3.8, 4) is 113 Å². The number of pyridine rings is 4. The Labute approximate surface area is 546 Å². The van der Waals surface area contributed by atoms with Gasteiger partial charge in [0, 0.05) is 77.7 Å². The quantitative estimate of drug-likeness (QED) is 0.110. The van der Waals surface area contributed by atoms with Gasteiger partial charge in [-0.2, -0.15) is 0 Å². The third-order valence-corrected chi connectivity index (χ3v) is 17.2. The van der Waals surface area contributed by atoms with E-state index in [4.69, 9.17) is 44.9 Å². The SMILES string of the molecule is CCc1ccc2ccc3c(-c4ccc(-c5cccc(-c6nc(-c7ccccc7)cc(-c7ccccc7)n6)c5)cc4)cc(CC)nc3c2n1.Cc1ccc2ccc3c(-c4ccc(-c5cccc(-c6nc(-c7ccccc7)nc(-c7ccccc7)n6)c5)cc4)cc(C)nc3c2n1. The molecule has 0 aliphatic heterocycles. The standard InChI is InChI=1S/C44H34N4.C41H29N5/c1-3-36-24-22-33-23-25-38-39(27-37(4-2)46-43(38)42(33)45-36)30-20-18-29(19-21-30)34-16-11-17-35(26-34)44-47-40(31-12-7-5-8-13-31)28-41(48-44)32-14-9-6-10-15-32;1-26-16-17-30-22-23-35-36(24-27(2)43-38(35)37(30)42-26)29-20-18-28(19-21-29)33-14-9-15-34(25-33)41-45-39(31-10-5-3-6-11-31)44-40(46-41)32-12-7-4-8-13-32/h5-28H,3-4H2,1-2H3;3-25H,1-2H3. The van der Waals surface area contributed by atoms with Gasteiger partial charge >= 0.3 is 0 Å². The van der Waals surface area contributed by atoms with Crippen LogP contribution in [-0.4, -0.2) is 44.9 Å². The van der Waals surface area contributed by atoms with Crippen molar-refractivity contribution in [1.29, 1.82) is 0 Å².